The van der Waals surface area contributed by atoms with Gasteiger partial charge in [-0.3, -0.25) is 4.90 Å². The van der Waals surface area contributed by atoms with Crippen LogP contribution >= 0.6 is 0 Å². The van der Waals surface area contributed by atoms with Crippen molar-refractivity contribution in [1.29, 1.82) is 0 Å². The average Bonchev–Trinajstić information content (AvgIpc) is 3.22. The zero-order valence-electron chi connectivity index (χ0n) is 14.7. The number of hydrogen-bond acceptors (Lipinski definition) is 3. The van der Waals surface area contributed by atoms with E-state index >= 15 is 0 Å². The number of anilines is 2. The Bertz CT molecular complexity index is 588. The van der Waals surface area contributed by atoms with Gasteiger partial charge in [-0.05, 0) is 76.1 Å². The highest BCUT2D eigenvalue weighted by Crippen LogP contribution is 2.37. The van der Waals surface area contributed by atoms with Crippen molar-refractivity contribution in [2.75, 3.05) is 16.8 Å². The highest BCUT2D eigenvalue weighted by atomic mass is 16.6. The predicted octanol–water partition coefficient (Wildman–Crippen LogP) is 4.58. The lowest BCUT2D eigenvalue weighted by Crippen LogP contribution is -2.35. The summed E-state index contributed by atoms with van der Waals surface area (Å²) in [6.07, 6.45) is 4.50. The van der Waals surface area contributed by atoms with Gasteiger partial charge in [0.1, 0.15) is 5.60 Å². The smallest absolute Gasteiger partial charge is 0.414 e. The van der Waals surface area contributed by atoms with Crippen molar-refractivity contribution in [1.82, 2.24) is 0 Å². The van der Waals surface area contributed by atoms with Crippen LogP contribution in [0, 0.1) is 5.92 Å². The maximum atomic E-state index is 12.3. The van der Waals surface area contributed by atoms with Gasteiger partial charge in [-0.1, -0.05) is 6.92 Å². The fraction of sp³-hybridized carbons (Fsp3) is 0.632. The van der Waals surface area contributed by atoms with Gasteiger partial charge >= 0.3 is 6.09 Å². The number of nitrogens with one attached hydrogen (secondary N) is 1. The molecule has 4 nitrogen and oxygen atoms in total. The van der Waals surface area contributed by atoms with Crippen molar-refractivity contribution in [2.24, 2.45) is 5.92 Å². The van der Waals surface area contributed by atoms with Crippen LogP contribution in [-0.4, -0.2) is 24.3 Å². The molecule has 0 bridgehead atoms. The molecule has 1 aromatic rings. The maximum absolute atomic E-state index is 12.3. The molecule has 0 aromatic heterocycles. The molecule has 3 rings (SSSR count). The Kier molecular flexibility index (Phi) is 4.26. The summed E-state index contributed by atoms with van der Waals surface area (Å²) in [5.41, 5.74) is 2.93. The summed E-state index contributed by atoms with van der Waals surface area (Å²) in [6, 6.07) is 6.92. The van der Waals surface area contributed by atoms with Gasteiger partial charge in [0.2, 0.25) is 0 Å². The minimum Gasteiger partial charge on any atom is -0.443 e. The number of amides is 1. The standard InChI is InChI=1S/C19H28N2O2/c1-5-16(13-6-7-13)20-15-8-9-17-14(12-15)10-11-21(17)18(22)23-19(2,3)4/h8-9,12-13,16,20H,5-7,10-11H2,1-4H3. The lowest BCUT2D eigenvalue weighted by molar-refractivity contribution is 0.0584. The van der Waals surface area contributed by atoms with Gasteiger partial charge in [0.05, 0.1) is 5.69 Å². The molecule has 2 aliphatic rings. The van der Waals surface area contributed by atoms with E-state index in [1.165, 1.54) is 24.1 Å². The number of nitrogens with zero attached hydrogens (tertiary/aromatic N) is 1. The third kappa shape index (κ3) is 3.80. The molecule has 0 saturated heterocycles. The lowest BCUT2D eigenvalue weighted by atomic mass is 10.1. The third-order valence-corrected chi connectivity index (χ3v) is 4.57. The van der Waals surface area contributed by atoms with Crippen LogP contribution in [0.2, 0.25) is 0 Å². The van der Waals surface area contributed by atoms with E-state index in [2.05, 4.69) is 24.4 Å². The molecule has 1 amide bonds. The van der Waals surface area contributed by atoms with Crippen molar-refractivity contribution in [3.63, 3.8) is 0 Å². The highest BCUT2D eigenvalue weighted by molar-refractivity contribution is 5.91. The number of ether oxygens (including phenoxy) is 1. The largest absolute Gasteiger partial charge is 0.443 e. The number of hydrogen-bond donors (Lipinski definition) is 1. The summed E-state index contributed by atoms with van der Waals surface area (Å²) in [6.45, 7) is 8.65. The van der Waals surface area contributed by atoms with Crippen molar-refractivity contribution >= 4 is 17.5 Å². The van der Waals surface area contributed by atoms with Gasteiger partial charge in [-0.2, -0.15) is 0 Å². The third-order valence-electron chi connectivity index (χ3n) is 4.57. The van der Waals surface area contributed by atoms with E-state index in [0.29, 0.717) is 12.6 Å². The number of benzene rings is 1. The van der Waals surface area contributed by atoms with E-state index in [0.717, 1.165) is 24.4 Å². The molecule has 1 atom stereocenters. The minimum atomic E-state index is -0.458. The van der Waals surface area contributed by atoms with Gasteiger partial charge in [-0.15, -0.1) is 0 Å². The van der Waals surface area contributed by atoms with E-state index in [1.54, 1.807) is 4.90 Å². The normalized spacial score (nSPS) is 18.5. The lowest BCUT2D eigenvalue weighted by Gasteiger charge is -2.25. The summed E-state index contributed by atoms with van der Waals surface area (Å²) < 4.78 is 5.50. The summed E-state index contributed by atoms with van der Waals surface area (Å²) in [7, 11) is 0. The molecular formula is C19H28N2O2. The van der Waals surface area contributed by atoms with E-state index in [-0.39, 0.29) is 6.09 Å². The summed E-state index contributed by atoms with van der Waals surface area (Å²) in [5, 5.41) is 3.67. The molecule has 1 aliphatic carbocycles. The van der Waals surface area contributed by atoms with Crippen LogP contribution in [0.15, 0.2) is 18.2 Å². The van der Waals surface area contributed by atoms with Crippen LogP contribution in [0.3, 0.4) is 0 Å². The molecule has 1 aromatic carbocycles. The quantitative estimate of drug-likeness (QED) is 0.883. The number of rotatable bonds is 4. The highest BCUT2D eigenvalue weighted by Gasteiger charge is 2.31. The second-order valence-electron chi connectivity index (χ2n) is 7.72. The maximum Gasteiger partial charge on any atom is 0.414 e. The van der Waals surface area contributed by atoms with Gasteiger partial charge in [-0.25, -0.2) is 4.79 Å². The second kappa shape index (κ2) is 6.06. The monoisotopic (exact) mass is 316 g/mol. The van der Waals surface area contributed by atoms with Gasteiger partial charge in [0, 0.05) is 18.3 Å². The van der Waals surface area contributed by atoms with Crippen LogP contribution in [0.4, 0.5) is 16.2 Å². The molecule has 0 spiro atoms. The molecule has 1 heterocycles. The molecule has 4 heteroatoms. The minimum absolute atomic E-state index is 0.249. The molecule has 23 heavy (non-hydrogen) atoms. The van der Waals surface area contributed by atoms with E-state index in [1.807, 2.05) is 26.8 Å². The van der Waals surface area contributed by atoms with Crippen LogP contribution in [0.5, 0.6) is 0 Å². The topological polar surface area (TPSA) is 41.6 Å². The summed E-state index contributed by atoms with van der Waals surface area (Å²) in [4.78, 5) is 14.1. The van der Waals surface area contributed by atoms with Crippen LogP contribution in [0.25, 0.3) is 0 Å². The van der Waals surface area contributed by atoms with Gasteiger partial charge in [0.25, 0.3) is 0 Å². The first-order valence-electron chi connectivity index (χ1n) is 8.77. The Labute approximate surface area is 139 Å². The van der Waals surface area contributed by atoms with Gasteiger partial charge in [0.15, 0.2) is 0 Å². The first-order valence-corrected chi connectivity index (χ1v) is 8.77. The fourth-order valence-corrected chi connectivity index (χ4v) is 3.26. The van der Waals surface area contributed by atoms with Crippen molar-refractivity contribution < 1.29 is 9.53 Å². The van der Waals surface area contributed by atoms with E-state index in [9.17, 15) is 4.79 Å². The molecule has 1 fully saturated rings. The molecule has 126 valence electrons. The summed E-state index contributed by atoms with van der Waals surface area (Å²) in [5.74, 6) is 0.839. The molecule has 1 saturated carbocycles. The number of carbonyl (C=O) groups excluding carboxylic acids is 1. The van der Waals surface area contributed by atoms with Crippen molar-refractivity contribution in [3.8, 4) is 0 Å². The Hall–Kier alpha value is -1.71. The zero-order chi connectivity index (χ0) is 16.6. The molecule has 1 N–H and O–H groups in total. The average molecular weight is 316 g/mol. The fourth-order valence-electron chi connectivity index (χ4n) is 3.26. The van der Waals surface area contributed by atoms with E-state index < -0.39 is 5.60 Å². The van der Waals surface area contributed by atoms with E-state index in [4.69, 9.17) is 4.74 Å². The van der Waals surface area contributed by atoms with Crippen LogP contribution in [0.1, 0.15) is 52.5 Å². The Morgan fingerprint density at radius 2 is 2.13 bits per heavy atom. The molecular weight excluding hydrogens is 288 g/mol. The zero-order valence-corrected chi connectivity index (χ0v) is 14.7. The van der Waals surface area contributed by atoms with Crippen molar-refractivity contribution in [3.05, 3.63) is 23.8 Å². The SMILES string of the molecule is CCC(Nc1ccc2c(c1)CCN2C(=O)OC(C)(C)C)C1CC1. The van der Waals surface area contributed by atoms with Crippen molar-refractivity contribution in [2.45, 2.75) is 65.0 Å². The van der Waals surface area contributed by atoms with Gasteiger partial charge < -0.3 is 10.1 Å². The molecule has 0 radical (unpaired) electrons. The first-order chi connectivity index (χ1) is 10.9. The Morgan fingerprint density at radius 1 is 1.39 bits per heavy atom. The summed E-state index contributed by atoms with van der Waals surface area (Å²) >= 11 is 0. The first kappa shape index (κ1) is 16.2. The number of fused-ring (bicyclic) bond motifs is 1. The Balaban J connectivity index is 1.71. The molecule has 1 aliphatic heterocycles. The second-order valence-corrected chi connectivity index (χ2v) is 7.72. The predicted molar refractivity (Wildman–Crippen MR) is 94.2 cm³/mol. The molecule has 1 unspecified atom stereocenters. The van der Waals surface area contributed by atoms with Crippen LogP contribution in [-0.2, 0) is 11.2 Å². The number of carbonyl (C=O) groups is 1. The Morgan fingerprint density at radius 3 is 2.74 bits per heavy atom. The van der Waals surface area contributed by atoms with Crippen LogP contribution < -0.4 is 10.2 Å².